The molecule has 0 saturated heterocycles. The average molecular weight is 130 g/mol. The van der Waals surface area contributed by atoms with E-state index in [0.717, 1.165) is 0 Å². The van der Waals surface area contributed by atoms with Crippen molar-refractivity contribution in [1.82, 2.24) is 5.32 Å². The molecule has 4 nitrogen and oxygen atoms in total. The van der Waals surface area contributed by atoms with Crippen LogP contribution < -0.4 is 5.32 Å². The summed E-state index contributed by atoms with van der Waals surface area (Å²) in [7, 11) is 0. The number of nitrogens with zero attached hydrogens (tertiary/aromatic N) is 1. The molecule has 0 aromatic rings. The summed E-state index contributed by atoms with van der Waals surface area (Å²) in [5, 5.41) is 20.9. The third-order valence-electron chi connectivity index (χ3n) is 1.58. The first-order chi connectivity index (χ1) is 3.96. The fourth-order valence-corrected chi connectivity index (χ4v) is 0.546. The van der Waals surface area contributed by atoms with E-state index >= 15 is 0 Å². The highest BCUT2D eigenvalue weighted by atomic mass is 16.4. The lowest BCUT2D eigenvalue weighted by Gasteiger charge is -2.28. The minimum atomic E-state index is -1.40. The van der Waals surface area contributed by atoms with E-state index in [1.165, 1.54) is 20.2 Å². The number of aliphatic hydroxyl groups is 2. The quantitative estimate of drug-likeness (QED) is 0.395. The van der Waals surface area contributed by atoms with E-state index < -0.39 is 11.4 Å². The summed E-state index contributed by atoms with van der Waals surface area (Å²) < 4.78 is 0. The maximum Gasteiger partial charge on any atom is 0.202 e. The molecule has 2 atom stereocenters. The van der Waals surface area contributed by atoms with Crippen molar-refractivity contribution in [3.05, 3.63) is 0 Å². The summed E-state index contributed by atoms with van der Waals surface area (Å²) in [4.78, 5) is 3.59. The Morgan fingerprint density at radius 3 is 2.11 bits per heavy atom. The maximum atomic E-state index is 9.24. The first-order valence-corrected chi connectivity index (χ1v) is 2.72. The number of hydrogen-bond donors (Lipinski definition) is 3. The summed E-state index contributed by atoms with van der Waals surface area (Å²) in [6.07, 6.45) is 1.29. The molecule has 9 heavy (non-hydrogen) atoms. The lowest BCUT2D eigenvalue weighted by Crippen LogP contribution is -2.53. The second-order valence-electron chi connectivity index (χ2n) is 2.50. The van der Waals surface area contributed by atoms with E-state index in [1.807, 2.05) is 0 Å². The second-order valence-corrected chi connectivity index (χ2v) is 2.50. The van der Waals surface area contributed by atoms with Crippen molar-refractivity contribution in [3.63, 3.8) is 0 Å². The Bertz CT molecular complexity index is 151. The fraction of sp³-hybridized carbons (Fsp3) is 0.800. The molecule has 0 saturated carbocycles. The van der Waals surface area contributed by atoms with Gasteiger partial charge >= 0.3 is 0 Å². The van der Waals surface area contributed by atoms with Crippen LogP contribution in [-0.2, 0) is 0 Å². The van der Waals surface area contributed by atoms with E-state index in [4.69, 9.17) is 0 Å². The first-order valence-electron chi connectivity index (χ1n) is 2.72. The summed E-state index contributed by atoms with van der Waals surface area (Å²) >= 11 is 0. The van der Waals surface area contributed by atoms with Gasteiger partial charge in [-0.15, -0.1) is 0 Å². The normalized spacial score (nSPS) is 49.3. The molecular weight excluding hydrogens is 120 g/mol. The van der Waals surface area contributed by atoms with Gasteiger partial charge in [-0.1, -0.05) is 0 Å². The van der Waals surface area contributed by atoms with E-state index in [2.05, 4.69) is 10.3 Å². The SMILES string of the molecule is C[C@]1(O)N=CN[C@]1(C)O. The molecule has 0 spiro atoms. The van der Waals surface area contributed by atoms with Gasteiger partial charge in [0.2, 0.25) is 5.72 Å². The van der Waals surface area contributed by atoms with Crippen molar-refractivity contribution < 1.29 is 10.2 Å². The minimum Gasteiger partial charge on any atom is -0.367 e. The van der Waals surface area contributed by atoms with Crippen LogP contribution in [0.25, 0.3) is 0 Å². The van der Waals surface area contributed by atoms with Crippen LogP contribution >= 0.6 is 0 Å². The van der Waals surface area contributed by atoms with Gasteiger partial charge in [-0.2, -0.15) is 0 Å². The monoisotopic (exact) mass is 130 g/mol. The Labute approximate surface area is 53.2 Å². The molecule has 1 rings (SSSR count). The molecule has 0 bridgehead atoms. The molecular formula is C5H10N2O2. The molecule has 4 heteroatoms. The van der Waals surface area contributed by atoms with Crippen LogP contribution in [0.4, 0.5) is 0 Å². The van der Waals surface area contributed by atoms with E-state index in [9.17, 15) is 10.2 Å². The zero-order valence-electron chi connectivity index (χ0n) is 5.42. The maximum absolute atomic E-state index is 9.24. The van der Waals surface area contributed by atoms with Gasteiger partial charge in [0, 0.05) is 0 Å². The van der Waals surface area contributed by atoms with Crippen LogP contribution in [0, 0.1) is 0 Å². The molecule has 0 aromatic heterocycles. The van der Waals surface area contributed by atoms with Gasteiger partial charge in [-0.05, 0) is 13.8 Å². The lowest BCUT2D eigenvalue weighted by molar-refractivity contribution is -0.122. The van der Waals surface area contributed by atoms with Gasteiger partial charge in [-0.25, -0.2) is 4.99 Å². The van der Waals surface area contributed by atoms with Crippen molar-refractivity contribution >= 4 is 6.34 Å². The number of aliphatic imine (C=N–C) groups is 1. The summed E-state index contributed by atoms with van der Waals surface area (Å²) in [6.45, 7) is 2.89. The topological polar surface area (TPSA) is 64.9 Å². The number of hydrogen-bond acceptors (Lipinski definition) is 4. The Hall–Kier alpha value is -0.610. The molecule has 0 unspecified atom stereocenters. The van der Waals surface area contributed by atoms with Crippen LogP contribution in [0.15, 0.2) is 4.99 Å². The Kier molecular flexibility index (Phi) is 1.05. The minimum absolute atomic E-state index is 1.29. The van der Waals surface area contributed by atoms with Crippen molar-refractivity contribution in [2.75, 3.05) is 0 Å². The molecule has 0 amide bonds. The number of nitrogens with one attached hydrogen (secondary N) is 1. The molecule has 0 aliphatic carbocycles. The van der Waals surface area contributed by atoms with E-state index in [1.54, 1.807) is 0 Å². The largest absolute Gasteiger partial charge is 0.367 e. The average Bonchev–Trinajstić information content (AvgIpc) is 1.81. The molecule has 1 heterocycles. The first kappa shape index (κ1) is 6.51. The van der Waals surface area contributed by atoms with Crippen molar-refractivity contribution in [1.29, 1.82) is 0 Å². The highest BCUT2D eigenvalue weighted by molar-refractivity contribution is 5.59. The Morgan fingerprint density at radius 1 is 1.44 bits per heavy atom. The van der Waals surface area contributed by atoms with Crippen molar-refractivity contribution in [2.45, 2.75) is 25.3 Å². The van der Waals surface area contributed by atoms with Gasteiger partial charge < -0.3 is 15.5 Å². The predicted octanol–water partition coefficient (Wildman–Crippen LogP) is -0.965. The summed E-state index contributed by atoms with van der Waals surface area (Å²) in [6, 6.07) is 0. The zero-order chi connectivity index (χ0) is 7.12. The van der Waals surface area contributed by atoms with Gasteiger partial charge in [0.05, 0.1) is 6.34 Å². The second kappa shape index (κ2) is 1.46. The molecule has 3 N–H and O–H groups in total. The van der Waals surface area contributed by atoms with Gasteiger partial charge in [0.1, 0.15) is 0 Å². The molecule has 0 aromatic carbocycles. The van der Waals surface area contributed by atoms with Crippen molar-refractivity contribution in [3.8, 4) is 0 Å². The van der Waals surface area contributed by atoms with E-state index in [0.29, 0.717) is 0 Å². The summed E-state index contributed by atoms with van der Waals surface area (Å²) in [5.74, 6) is 0. The van der Waals surface area contributed by atoms with Crippen LogP contribution in [0.5, 0.6) is 0 Å². The van der Waals surface area contributed by atoms with Gasteiger partial charge in [-0.3, -0.25) is 0 Å². The molecule has 1 aliphatic rings. The third kappa shape index (κ3) is 0.799. The highest BCUT2D eigenvalue weighted by Crippen LogP contribution is 2.22. The van der Waals surface area contributed by atoms with Crippen molar-refractivity contribution in [2.24, 2.45) is 4.99 Å². The highest BCUT2D eigenvalue weighted by Gasteiger charge is 2.44. The standard InChI is InChI=1S/C5H10N2O2/c1-4(8)5(2,9)7-3-6-4/h3,8-9H,1-2H3,(H,6,7)/t4-,5-/m1/s1. The van der Waals surface area contributed by atoms with Crippen LogP contribution in [-0.4, -0.2) is 28.0 Å². The molecule has 1 aliphatic heterocycles. The molecule has 0 fully saturated rings. The van der Waals surface area contributed by atoms with Gasteiger partial charge in [0.15, 0.2) is 5.72 Å². The van der Waals surface area contributed by atoms with Crippen LogP contribution in [0.1, 0.15) is 13.8 Å². The Morgan fingerprint density at radius 2 is 2.00 bits per heavy atom. The smallest absolute Gasteiger partial charge is 0.202 e. The van der Waals surface area contributed by atoms with Crippen LogP contribution in [0.2, 0.25) is 0 Å². The van der Waals surface area contributed by atoms with E-state index in [-0.39, 0.29) is 0 Å². The predicted molar refractivity (Wildman–Crippen MR) is 32.9 cm³/mol. The zero-order valence-corrected chi connectivity index (χ0v) is 5.42. The third-order valence-corrected chi connectivity index (χ3v) is 1.58. The molecule has 0 radical (unpaired) electrons. The Balaban J connectivity index is 2.84. The summed E-state index contributed by atoms with van der Waals surface area (Å²) in [5.41, 5.74) is -2.72. The van der Waals surface area contributed by atoms with Gasteiger partial charge in [0.25, 0.3) is 0 Å². The molecule has 52 valence electrons. The number of rotatable bonds is 0. The van der Waals surface area contributed by atoms with Crippen LogP contribution in [0.3, 0.4) is 0 Å². The fourth-order valence-electron chi connectivity index (χ4n) is 0.546. The lowest BCUT2D eigenvalue weighted by atomic mass is 10.1.